The van der Waals surface area contributed by atoms with Crippen molar-refractivity contribution in [2.75, 3.05) is 0 Å². The summed E-state index contributed by atoms with van der Waals surface area (Å²) >= 11 is 0. The summed E-state index contributed by atoms with van der Waals surface area (Å²) in [5, 5.41) is 11.3. The Morgan fingerprint density at radius 2 is 1.88 bits per heavy atom. The van der Waals surface area contributed by atoms with Gasteiger partial charge in [0.15, 0.2) is 0 Å². The molecule has 0 saturated heterocycles. The van der Waals surface area contributed by atoms with E-state index in [1.165, 1.54) is 0 Å². The van der Waals surface area contributed by atoms with Crippen LogP contribution in [0.4, 0.5) is 0 Å². The fourth-order valence-electron chi connectivity index (χ4n) is 1.06. The molecule has 6 heteroatoms. The Balaban J connectivity index is 4.50. The first-order valence-electron chi connectivity index (χ1n) is 5.52. The van der Waals surface area contributed by atoms with E-state index in [-0.39, 0.29) is 18.7 Å². The van der Waals surface area contributed by atoms with E-state index in [4.69, 9.17) is 10.8 Å². The molecular formula is C11H20N2O4. The first-order valence-corrected chi connectivity index (χ1v) is 5.52. The van der Waals surface area contributed by atoms with E-state index in [0.717, 1.165) is 0 Å². The predicted molar refractivity (Wildman–Crippen MR) is 62.1 cm³/mol. The molecule has 4 N–H and O–H groups in total. The maximum atomic E-state index is 11.8. The minimum Gasteiger partial charge on any atom is -0.480 e. The summed E-state index contributed by atoms with van der Waals surface area (Å²) in [6, 6.07) is -1.07. The topological polar surface area (TPSA) is 109 Å². The smallest absolute Gasteiger partial charge is 0.326 e. The summed E-state index contributed by atoms with van der Waals surface area (Å²) in [7, 11) is 0. The Labute approximate surface area is 101 Å². The van der Waals surface area contributed by atoms with Gasteiger partial charge in [-0.1, -0.05) is 20.8 Å². The number of carbonyl (C=O) groups is 3. The van der Waals surface area contributed by atoms with Gasteiger partial charge in [-0.2, -0.15) is 0 Å². The van der Waals surface area contributed by atoms with Gasteiger partial charge in [0.1, 0.15) is 6.04 Å². The molecule has 0 saturated carbocycles. The molecule has 0 spiro atoms. The van der Waals surface area contributed by atoms with Crippen LogP contribution >= 0.6 is 0 Å². The molecule has 0 aromatic heterocycles. The fraction of sp³-hybridized carbons (Fsp3) is 0.727. The van der Waals surface area contributed by atoms with Crippen LogP contribution in [0.2, 0.25) is 0 Å². The third-order valence-corrected chi connectivity index (χ3v) is 2.78. The highest BCUT2D eigenvalue weighted by Gasteiger charge is 2.29. The second-order valence-electron chi connectivity index (χ2n) is 4.61. The number of nitrogens with one attached hydrogen (secondary N) is 1. The van der Waals surface area contributed by atoms with Crippen molar-refractivity contribution in [1.29, 1.82) is 0 Å². The number of amides is 2. The number of nitrogens with two attached hydrogens (primary N) is 1. The normalized spacial score (nSPS) is 12.9. The van der Waals surface area contributed by atoms with E-state index in [9.17, 15) is 14.4 Å². The van der Waals surface area contributed by atoms with Crippen molar-refractivity contribution >= 4 is 17.8 Å². The van der Waals surface area contributed by atoms with Crippen molar-refractivity contribution in [3.63, 3.8) is 0 Å². The van der Waals surface area contributed by atoms with Gasteiger partial charge in [-0.25, -0.2) is 4.79 Å². The predicted octanol–water partition coefficient (Wildman–Crippen LogP) is 0.258. The minimum absolute atomic E-state index is 0.0101. The van der Waals surface area contributed by atoms with Crippen molar-refractivity contribution in [3.8, 4) is 0 Å². The second-order valence-corrected chi connectivity index (χ2v) is 4.61. The molecule has 0 aliphatic carbocycles. The van der Waals surface area contributed by atoms with Crippen LogP contribution in [0.3, 0.4) is 0 Å². The van der Waals surface area contributed by atoms with Crippen LogP contribution in [0.25, 0.3) is 0 Å². The number of hydrogen-bond donors (Lipinski definition) is 3. The Bertz CT molecular complexity index is 313. The van der Waals surface area contributed by atoms with E-state index >= 15 is 0 Å². The van der Waals surface area contributed by atoms with Crippen LogP contribution in [0.1, 0.15) is 40.0 Å². The summed E-state index contributed by atoms with van der Waals surface area (Å²) < 4.78 is 0. The number of rotatable bonds is 7. The van der Waals surface area contributed by atoms with E-state index in [1.807, 2.05) is 6.92 Å². The molecule has 0 aromatic rings. The standard InChI is InChI=1S/C11H20N2O4/c1-4-11(2,3)10(17)13-7(9(15)16)5-6-8(12)14/h7H,4-6H2,1-3H3,(H2,12,14)(H,13,17)(H,15,16)/t7-/m0/s1. The molecule has 0 aliphatic rings. The zero-order valence-electron chi connectivity index (χ0n) is 10.4. The zero-order valence-corrected chi connectivity index (χ0v) is 10.4. The number of carboxylic acids is 1. The second kappa shape index (κ2) is 6.22. The van der Waals surface area contributed by atoms with Gasteiger partial charge in [-0.05, 0) is 12.8 Å². The van der Waals surface area contributed by atoms with Gasteiger partial charge in [-0.15, -0.1) is 0 Å². The number of aliphatic carboxylic acids is 1. The summed E-state index contributed by atoms with van der Waals surface area (Å²) in [6.45, 7) is 5.31. The molecule has 0 aliphatic heterocycles. The molecule has 6 nitrogen and oxygen atoms in total. The maximum absolute atomic E-state index is 11.8. The van der Waals surface area contributed by atoms with E-state index in [2.05, 4.69) is 5.32 Å². The van der Waals surface area contributed by atoms with Gasteiger partial charge in [0.25, 0.3) is 0 Å². The molecule has 1 atom stereocenters. The van der Waals surface area contributed by atoms with E-state index < -0.39 is 23.3 Å². The molecule has 0 fully saturated rings. The molecule has 0 bridgehead atoms. The lowest BCUT2D eigenvalue weighted by Gasteiger charge is -2.24. The Hall–Kier alpha value is -1.59. The Morgan fingerprint density at radius 3 is 2.24 bits per heavy atom. The lowest BCUT2D eigenvalue weighted by Crippen LogP contribution is -2.46. The minimum atomic E-state index is -1.16. The van der Waals surface area contributed by atoms with Gasteiger partial charge >= 0.3 is 5.97 Å². The molecule has 0 radical (unpaired) electrons. The van der Waals surface area contributed by atoms with Crippen LogP contribution in [-0.2, 0) is 14.4 Å². The van der Waals surface area contributed by atoms with E-state index in [0.29, 0.717) is 6.42 Å². The van der Waals surface area contributed by atoms with Gasteiger partial charge in [0, 0.05) is 11.8 Å². The van der Waals surface area contributed by atoms with Crippen molar-refractivity contribution in [3.05, 3.63) is 0 Å². The Kier molecular flexibility index (Phi) is 5.64. The molecule has 2 amide bonds. The van der Waals surface area contributed by atoms with Gasteiger partial charge in [0.05, 0.1) is 0 Å². The first kappa shape index (κ1) is 15.4. The maximum Gasteiger partial charge on any atom is 0.326 e. The largest absolute Gasteiger partial charge is 0.480 e. The van der Waals surface area contributed by atoms with Crippen molar-refractivity contribution in [1.82, 2.24) is 5.32 Å². The van der Waals surface area contributed by atoms with Gasteiger partial charge < -0.3 is 16.2 Å². The average Bonchev–Trinajstić information content (AvgIpc) is 2.22. The van der Waals surface area contributed by atoms with Crippen LogP contribution in [-0.4, -0.2) is 28.9 Å². The van der Waals surface area contributed by atoms with Crippen LogP contribution in [0.5, 0.6) is 0 Å². The zero-order chi connectivity index (χ0) is 13.6. The van der Waals surface area contributed by atoms with Crippen LogP contribution in [0.15, 0.2) is 0 Å². The molecular weight excluding hydrogens is 224 g/mol. The first-order chi connectivity index (χ1) is 7.70. The highest BCUT2D eigenvalue weighted by Crippen LogP contribution is 2.20. The van der Waals surface area contributed by atoms with E-state index in [1.54, 1.807) is 13.8 Å². The fourth-order valence-corrected chi connectivity index (χ4v) is 1.06. The molecule has 17 heavy (non-hydrogen) atoms. The van der Waals surface area contributed by atoms with Gasteiger partial charge in [-0.3, -0.25) is 9.59 Å². The molecule has 0 unspecified atom stereocenters. The summed E-state index contributed by atoms with van der Waals surface area (Å²) in [6.07, 6.45) is 0.543. The summed E-state index contributed by atoms with van der Waals surface area (Å²) in [5.74, 6) is -2.08. The molecule has 0 rings (SSSR count). The highest BCUT2D eigenvalue weighted by molar-refractivity contribution is 5.87. The number of carbonyl (C=O) groups excluding carboxylic acids is 2. The monoisotopic (exact) mass is 244 g/mol. The Morgan fingerprint density at radius 1 is 1.35 bits per heavy atom. The average molecular weight is 244 g/mol. The van der Waals surface area contributed by atoms with Gasteiger partial charge in [0.2, 0.25) is 11.8 Å². The highest BCUT2D eigenvalue weighted by atomic mass is 16.4. The van der Waals surface area contributed by atoms with Crippen LogP contribution < -0.4 is 11.1 Å². The molecule has 0 aromatic carbocycles. The number of primary amides is 1. The van der Waals surface area contributed by atoms with Crippen molar-refractivity contribution in [2.24, 2.45) is 11.1 Å². The summed E-state index contributed by atoms with van der Waals surface area (Å²) in [4.78, 5) is 33.2. The quantitative estimate of drug-likeness (QED) is 0.596. The number of hydrogen-bond acceptors (Lipinski definition) is 3. The third kappa shape index (κ3) is 5.33. The third-order valence-electron chi connectivity index (χ3n) is 2.78. The van der Waals surface area contributed by atoms with Crippen molar-refractivity contribution < 1.29 is 19.5 Å². The van der Waals surface area contributed by atoms with Crippen LogP contribution in [0, 0.1) is 5.41 Å². The SMILES string of the molecule is CCC(C)(C)C(=O)N[C@@H](CCC(N)=O)C(=O)O. The number of carboxylic acid groups (broad SMARTS) is 1. The van der Waals surface area contributed by atoms with Crippen molar-refractivity contribution in [2.45, 2.75) is 46.1 Å². The lowest BCUT2D eigenvalue weighted by molar-refractivity contribution is -0.143. The molecule has 0 heterocycles. The lowest BCUT2D eigenvalue weighted by atomic mass is 9.89. The molecule has 98 valence electrons. The summed E-state index contributed by atoms with van der Waals surface area (Å²) in [5.41, 5.74) is 4.31.